The molecule has 0 aromatic heterocycles. The molecule has 2 amide bonds. The number of unbranched alkanes of at least 4 members (excludes halogenated alkanes) is 2. The Morgan fingerprint density at radius 2 is 1.07 bits per heavy atom. The van der Waals surface area contributed by atoms with Crippen molar-refractivity contribution in [1.82, 2.24) is 24.9 Å². The van der Waals surface area contributed by atoms with E-state index in [1.807, 2.05) is 0 Å². The molecule has 1 aliphatic heterocycles. The molecule has 1 saturated heterocycles. The van der Waals surface area contributed by atoms with Gasteiger partial charge in [-0.25, -0.2) is 0 Å². The summed E-state index contributed by atoms with van der Waals surface area (Å²) in [5, 5.41) is 40.7. The number of hydrogen-bond acceptors (Lipinski definition) is 10. The van der Waals surface area contributed by atoms with Crippen molar-refractivity contribution in [2.24, 2.45) is 5.73 Å². The third-order valence-corrected chi connectivity index (χ3v) is 6.74. The zero-order chi connectivity index (χ0) is 30.8. The highest BCUT2D eigenvalue weighted by atomic mass is 16.4. The zero-order valence-corrected chi connectivity index (χ0v) is 23.4. The van der Waals surface area contributed by atoms with Gasteiger partial charge in [0.05, 0.1) is 19.6 Å². The van der Waals surface area contributed by atoms with Crippen LogP contribution in [0, 0.1) is 0 Å². The molecule has 7 N–H and O–H groups in total. The quantitative estimate of drug-likeness (QED) is 0.0995. The first-order chi connectivity index (χ1) is 19.4. The maximum atomic E-state index is 12.4. The van der Waals surface area contributed by atoms with Gasteiger partial charge in [-0.15, -0.1) is 0 Å². The summed E-state index contributed by atoms with van der Waals surface area (Å²) in [5.41, 5.74) is 5.10. The van der Waals surface area contributed by atoms with Gasteiger partial charge >= 0.3 is 23.9 Å². The van der Waals surface area contributed by atoms with Crippen LogP contribution in [0.25, 0.3) is 0 Å². The summed E-state index contributed by atoms with van der Waals surface area (Å²) in [5.74, 6) is -5.08. The number of hydrogen-bond donors (Lipinski definition) is 6. The lowest BCUT2D eigenvalue weighted by Gasteiger charge is -2.35. The van der Waals surface area contributed by atoms with Gasteiger partial charge < -0.3 is 31.5 Å². The Balaban J connectivity index is 2.92. The fourth-order valence-electron chi connectivity index (χ4n) is 4.56. The van der Waals surface area contributed by atoms with Crippen LogP contribution in [0.4, 0.5) is 0 Å². The average molecular weight is 589 g/mol. The summed E-state index contributed by atoms with van der Waals surface area (Å²) < 4.78 is 0. The Morgan fingerprint density at radius 3 is 1.46 bits per heavy atom. The second-order valence-electron chi connectivity index (χ2n) is 10.1. The van der Waals surface area contributed by atoms with Crippen molar-refractivity contribution in [2.75, 3.05) is 78.5 Å². The average Bonchev–Trinajstić information content (AvgIpc) is 2.86. The summed E-state index contributed by atoms with van der Waals surface area (Å²) in [6, 6.07) is -1.07. The SMILES string of the molecule is NC(=O)CCCCCNC(=O)CCC(C(=O)O)N1CCN(CC(=O)O)CCN(CC(=O)O)CCN(CC(=O)O)CC1. The predicted molar refractivity (Wildman–Crippen MR) is 145 cm³/mol. The molecule has 0 spiro atoms. The minimum atomic E-state index is -1.15. The molecule has 16 heteroatoms. The van der Waals surface area contributed by atoms with Crippen LogP contribution in [0.1, 0.15) is 38.5 Å². The zero-order valence-electron chi connectivity index (χ0n) is 23.4. The van der Waals surface area contributed by atoms with Gasteiger partial charge in [-0.05, 0) is 19.3 Å². The van der Waals surface area contributed by atoms with Crippen LogP contribution < -0.4 is 11.1 Å². The summed E-state index contributed by atoms with van der Waals surface area (Å²) in [6.07, 6.45) is 2.19. The summed E-state index contributed by atoms with van der Waals surface area (Å²) >= 11 is 0. The highest BCUT2D eigenvalue weighted by Crippen LogP contribution is 2.11. The van der Waals surface area contributed by atoms with Crippen molar-refractivity contribution in [2.45, 2.75) is 44.6 Å². The number of carboxylic acids is 4. The van der Waals surface area contributed by atoms with E-state index in [-0.39, 0.29) is 103 Å². The maximum Gasteiger partial charge on any atom is 0.320 e. The van der Waals surface area contributed by atoms with E-state index in [2.05, 4.69) is 5.32 Å². The molecule has 16 nitrogen and oxygen atoms in total. The lowest BCUT2D eigenvalue weighted by atomic mass is 10.1. The Kier molecular flexibility index (Phi) is 17.1. The fourth-order valence-corrected chi connectivity index (χ4v) is 4.56. The largest absolute Gasteiger partial charge is 0.480 e. The van der Waals surface area contributed by atoms with Crippen molar-refractivity contribution in [3.05, 3.63) is 0 Å². The van der Waals surface area contributed by atoms with Gasteiger partial charge in [0, 0.05) is 71.7 Å². The number of carboxylic acid groups (broad SMARTS) is 4. The molecule has 0 aliphatic carbocycles. The molecule has 1 unspecified atom stereocenters. The smallest absolute Gasteiger partial charge is 0.320 e. The highest BCUT2D eigenvalue weighted by Gasteiger charge is 2.28. The normalized spacial score (nSPS) is 17.6. The van der Waals surface area contributed by atoms with E-state index < -0.39 is 29.9 Å². The van der Waals surface area contributed by atoms with Crippen LogP contribution in [0.3, 0.4) is 0 Å². The van der Waals surface area contributed by atoms with E-state index in [0.29, 0.717) is 25.8 Å². The van der Waals surface area contributed by atoms with Gasteiger partial charge in [-0.3, -0.25) is 48.4 Å². The molecule has 234 valence electrons. The lowest BCUT2D eigenvalue weighted by Crippen LogP contribution is -2.52. The summed E-state index contributed by atoms with van der Waals surface area (Å²) in [7, 11) is 0. The summed E-state index contributed by atoms with van der Waals surface area (Å²) in [4.78, 5) is 76.0. The first kappa shape index (κ1) is 35.7. The molecule has 0 bridgehead atoms. The molecule has 0 aromatic carbocycles. The van der Waals surface area contributed by atoms with Crippen LogP contribution in [0.5, 0.6) is 0 Å². The Morgan fingerprint density at radius 1 is 0.634 bits per heavy atom. The van der Waals surface area contributed by atoms with Gasteiger partial charge in [0.25, 0.3) is 0 Å². The molecule has 1 fully saturated rings. The fraction of sp³-hybridized carbons (Fsp3) is 0.760. The highest BCUT2D eigenvalue weighted by molar-refractivity contribution is 5.78. The number of carbonyl (C=O) groups excluding carboxylic acids is 2. The Bertz CT molecular complexity index is 857. The van der Waals surface area contributed by atoms with Crippen molar-refractivity contribution < 1.29 is 49.2 Å². The monoisotopic (exact) mass is 588 g/mol. The molecule has 0 radical (unpaired) electrons. The number of rotatable bonds is 17. The summed E-state index contributed by atoms with van der Waals surface area (Å²) in [6.45, 7) is 0.975. The third-order valence-electron chi connectivity index (χ3n) is 6.74. The number of nitrogens with two attached hydrogens (primary N) is 1. The number of amides is 2. The van der Waals surface area contributed by atoms with Crippen LogP contribution >= 0.6 is 0 Å². The third kappa shape index (κ3) is 17.2. The van der Waals surface area contributed by atoms with E-state index in [4.69, 9.17) is 5.73 Å². The van der Waals surface area contributed by atoms with Crippen molar-refractivity contribution in [3.63, 3.8) is 0 Å². The van der Waals surface area contributed by atoms with Crippen LogP contribution in [0.15, 0.2) is 0 Å². The van der Waals surface area contributed by atoms with Crippen molar-refractivity contribution >= 4 is 35.7 Å². The van der Waals surface area contributed by atoms with Crippen molar-refractivity contribution in [3.8, 4) is 0 Å². The van der Waals surface area contributed by atoms with Crippen molar-refractivity contribution in [1.29, 1.82) is 0 Å². The molecule has 1 heterocycles. The number of nitrogens with zero attached hydrogens (tertiary/aromatic N) is 4. The number of aliphatic carboxylic acids is 4. The molecular weight excluding hydrogens is 544 g/mol. The first-order valence-electron chi connectivity index (χ1n) is 13.7. The molecule has 1 atom stereocenters. The van der Waals surface area contributed by atoms with Gasteiger partial charge in [0.15, 0.2) is 0 Å². The maximum absolute atomic E-state index is 12.4. The first-order valence-corrected chi connectivity index (χ1v) is 13.7. The van der Waals surface area contributed by atoms with Crippen LogP contribution in [-0.4, -0.2) is 160 Å². The second-order valence-corrected chi connectivity index (χ2v) is 10.1. The van der Waals surface area contributed by atoms with Gasteiger partial charge in [-0.2, -0.15) is 0 Å². The van der Waals surface area contributed by atoms with Gasteiger partial charge in [0.1, 0.15) is 6.04 Å². The standard InChI is InChI=1S/C25H44N6O10/c26-20(32)4-2-1-3-7-27-21(33)6-5-19(25(40)41)31-14-12-29(17-23(36)37)10-8-28(16-22(34)35)9-11-30(13-15-31)18-24(38)39/h19H,1-18H2,(H2,26,32)(H,27,33)(H,34,35)(H,36,37)(H,38,39)(H,40,41). The predicted octanol–water partition coefficient (Wildman–Crippen LogP) is -2.14. The van der Waals surface area contributed by atoms with E-state index in [9.17, 15) is 49.2 Å². The van der Waals surface area contributed by atoms with E-state index in [1.54, 1.807) is 19.6 Å². The van der Waals surface area contributed by atoms with E-state index in [0.717, 1.165) is 0 Å². The molecule has 41 heavy (non-hydrogen) atoms. The molecule has 0 saturated carbocycles. The Labute approximate surface area is 239 Å². The minimum absolute atomic E-state index is 0.00685. The van der Waals surface area contributed by atoms with Crippen LogP contribution in [-0.2, 0) is 28.8 Å². The van der Waals surface area contributed by atoms with Gasteiger partial charge in [0.2, 0.25) is 11.8 Å². The van der Waals surface area contributed by atoms with E-state index >= 15 is 0 Å². The number of nitrogens with one attached hydrogen (secondary N) is 1. The second kappa shape index (κ2) is 19.7. The topological polar surface area (TPSA) is 234 Å². The van der Waals surface area contributed by atoms with Crippen LogP contribution in [0.2, 0.25) is 0 Å². The van der Waals surface area contributed by atoms with Gasteiger partial charge in [-0.1, -0.05) is 6.42 Å². The minimum Gasteiger partial charge on any atom is -0.480 e. The van der Waals surface area contributed by atoms with E-state index in [1.165, 1.54) is 0 Å². The number of primary amides is 1. The molecule has 1 rings (SSSR count). The number of carbonyl (C=O) groups is 6. The molecular formula is C25H44N6O10. The molecule has 0 aromatic rings. The lowest BCUT2D eigenvalue weighted by molar-refractivity contribution is -0.145. The Hall–Kier alpha value is -3.34. The molecule has 1 aliphatic rings.